The third-order valence-corrected chi connectivity index (χ3v) is 4.88. The first-order chi connectivity index (χ1) is 13.4. The lowest BCUT2D eigenvalue weighted by Gasteiger charge is -2.29. The third-order valence-electron chi connectivity index (χ3n) is 4.88. The highest BCUT2D eigenvalue weighted by molar-refractivity contribution is 5.49. The van der Waals surface area contributed by atoms with Gasteiger partial charge in [-0.05, 0) is 24.6 Å². The van der Waals surface area contributed by atoms with Gasteiger partial charge < -0.3 is 19.7 Å². The quantitative estimate of drug-likeness (QED) is 0.814. The van der Waals surface area contributed by atoms with Crippen molar-refractivity contribution in [1.29, 1.82) is 0 Å². The number of methoxy groups -OCH3 is 1. The van der Waals surface area contributed by atoms with Crippen molar-refractivity contribution < 1.29 is 9.47 Å². The fraction of sp³-hybridized carbons (Fsp3) is 0.545. The second-order valence-corrected chi connectivity index (χ2v) is 8.31. The first kappa shape index (κ1) is 20.6. The molecule has 0 aliphatic carbocycles. The number of nitrogens with one attached hydrogen (secondary N) is 1. The Labute approximate surface area is 168 Å². The summed E-state index contributed by atoms with van der Waals surface area (Å²) in [6.45, 7) is 12.5. The van der Waals surface area contributed by atoms with E-state index in [9.17, 15) is 0 Å². The summed E-state index contributed by atoms with van der Waals surface area (Å²) in [7, 11) is 1.69. The molecule has 1 aromatic heterocycles. The van der Waals surface area contributed by atoms with E-state index < -0.39 is 0 Å². The van der Waals surface area contributed by atoms with Crippen molar-refractivity contribution in [2.45, 2.75) is 45.8 Å². The average molecular weight is 385 g/mol. The van der Waals surface area contributed by atoms with E-state index >= 15 is 0 Å². The number of ether oxygens (including phenoxy) is 2. The smallest absolute Gasteiger partial charge is 0.136 e. The molecule has 2 heterocycles. The molecule has 0 radical (unpaired) electrons. The van der Waals surface area contributed by atoms with Crippen LogP contribution < -0.4 is 10.2 Å². The van der Waals surface area contributed by atoms with Crippen molar-refractivity contribution in [3.63, 3.8) is 0 Å². The van der Waals surface area contributed by atoms with Crippen molar-refractivity contribution in [1.82, 2.24) is 9.97 Å². The lowest BCUT2D eigenvalue weighted by molar-refractivity contribution is 0.122. The molecule has 0 amide bonds. The summed E-state index contributed by atoms with van der Waals surface area (Å²) in [6.07, 6.45) is 0. The van der Waals surface area contributed by atoms with Gasteiger partial charge in [0.15, 0.2) is 0 Å². The molecule has 1 saturated heterocycles. The topological polar surface area (TPSA) is 59.5 Å². The van der Waals surface area contributed by atoms with Crippen molar-refractivity contribution in [2.75, 3.05) is 43.6 Å². The molecule has 1 aromatic carbocycles. The van der Waals surface area contributed by atoms with E-state index in [-0.39, 0.29) is 11.5 Å². The first-order valence-electron chi connectivity index (χ1n) is 9.93. The zero-order valence-electron chi connectivity index (χ0n) is 17.7. The summed E-state index contributed by atoms with van der Waals surface area (Å²) in [6, 6.07) is 10.9. The van der Waals surface area contributed by atoms with Crippen LogP contribution in [-0.4, -0.2) is 43.4 Å². The Bertz CT molecular complexity index is 765. The number of anilines is 2. The minimum atomic E-state index is -0.122. The molecule has 152 valence electrons. The van der Waals surface area contributed by atoms with E-state index in [4.69, 9.17) is 14.5 Å². The van der Waals surface area contributed by atoms with Crippen LogP contribution in [0.5, 0.6) is 0 Å². The maximum Gasteiger partial charge on any atom is 0.136 e. The molecule has 1 unspecified atom stereocenters. The molecule has 1 fully saturated rings. The third kappa shape index (κ3) is 5.20. The minimum absolute atomic E-state index is 0.122. The van der Waals surface area contributed by atoms with Gasteiger partial charge in [-0.1, -0.05) is 32.9 Å². The Balaban J connectivity index is 1.74. The molecule has 0 bridgehead atoms. The predicted molar refractivity (Wildman–Crippen MR) is 113 cm³/mol. The lowest BCUT2D eigenvalue weighted by Crippen LogP contribution is -2.36. The van der Waals surface area contributed by atoms with E-state index in [0.717, 1.165) is 43.6 Å². The van der Waals surface area contributed by atoms with Gasteiger partial charge in [0.2, 0.25) is 0 Å². The highest BCUT2D eigenvalue weighted by Gasteiger charge is 2.20. The monoisotopic (exact) mass is 384 g/mol. The van der Waals surface area contributed by atoms with Gasteiger partial charge >= 0.3 is 0 Å². The molecule has 6 heteroatoms. The fourth-order valence-electron chi connectivity index (χ4n) is 3.23. The first-order valence-corrected chi connectivity index (χ1v) is 9.93. The van der Waals surface area contributed by atoms with Crippen LogP contribution >= 0.6 is 0 Å². The molecule has 0 spiro atoms. The van der Waals surface area contributed by atoms with Crippen LogP contribution in [0, 0.1) is 0 Å². The molecule has 3 rings (SSSR count). The van der Waals surface area contributed by atoms with Gasteiger partial charge in [-0.15, -0.1) is 0 Å². The second-order valence-electron chi connectivity index (χ2n) is 8.31. The van der Waals surface area contributed by atoms with Crippen LogP contribution in [0.15, 0.2) is 30.3 Å². The standard InChI is InChI=1S/C22H32N4O2/c1-16(17-6-8-19(9-7-17)26-10-12-28-13-11-26)23-20-14-18(15-27-5)24-21(25-20)22(2,3)4/h6-9,14,16H,10-13,15H2,1-5H3,(H,23,24,25). The van der Waals surface area contributed by atoms with Crippen LogP contribution in [0.1, 0.15) is 50.8 Å². The fourth-order valence-corrected chi connectivity index (χ4v) is 3.23. The molecule has 0 saturated carbocycles. The second kappa shape index (κ2) is 8.88. The van der Waals surface area contributed by atoms with Gasteiger partial charge in [-0.3, -0.25) is 0 Å². The van der Waals surface area contributed by atoms with Gasteiger partial charge in [0.1, 0.15) is 11.6 Å². The molecule has 1 aliphatic heterocycles. The normalized spacial score (nSPS) is 16.1. The Kier molecular flexibility index (Phi) is 6.52. The van der Waals surface area contributed by atoms with E-state index in [1.165, 1.54) is 11.3 Å². The largest absolute Gasteiger partial charge is 0.378 e. The van der Waals surface area contributed by atoms with E-state index in [1.54, 1.807) is 7.11 Å². The van der Waals surface area contributed by atoms with Crippen LogP contribution in [0.4, 0.5) is 11.5 Å². The van der Waals surface area contributed by atoms with Crippen LogP contribution in [0.2, 0.25) is 0 Å². The van der Waals surface area contributed by atoms with E-state index in [0.29, 0.717) is 6.61 Å². The Morgan fingerprint density at radius 3 is 2.43 bits per heavy atom. The Morgan fingerprint density at radius 2 is 1.82 bits per heavy atom. The van der Waals surface area contributed by atoms with Crippen molar-refractivity contribution in [2.24, 2.45) is 0 Å². The molecular weight excluding hydrogens is 352 g/mol. The van der Waals surface area contributed by atoms with E-state index in [1.807, 2.05) is 6.07 Å². The summed E-state index contributed by atoms with van der Waals surface area (Å²) in [4.78, 5) is 11.8. The molecular formula is C22H32N4O2. The van der Waals surface area contributed by atoms with Crippen molar-refractivity contribution in [3.8, 4) is 0 Å². The number of aromatic nitrogens is 2. The maximum absolute atomic E-state index is 5.44. The molecule has 6 nitrogen and oxygen atoms in total. The van der Waals surface area contributed by atoms with Crippen LogP contribution in [-0.2, 0) is 21.5 Å². The lowest BCUT2D eigenvalue weighted by atomic mass is 9.95. The molecule has 28 heavy (non-hydrogen) atoms. The number of hydrogen-bond acceptors (Lipinski definition) is 6. The highest BCUT2D eigenvalue weighted by atomic mass is 16.5. The zero-order chi connectivity index (χ0) is 20.1. The van der Waals surface area contributed by atoms with Gasteiger partial charge in [0.05, 0.1) is 25.5 Å². The summed E-state index contributed by atoms with van der Waals surface area (Å²) < 4.78 is 10.7. The van der Waals surface area contributed by atoms with Crippen LogP contribution in [0.25, 0.3) is 0 Å². The number of rotatable bonds is 6. The van der Waals surface area contributed by atoms with Gasteiger partial charge in [-0.2, -0.15) is 0 Å². The predicted octanol–water partition coefficient (Wildman–Crippen LogP) is 3.93. The number of hydrogen-bond donors (Lipinski definition) is 1. The zero-order valence-corrected chi connectivity index (χ0v) is 17.7. The molecule has 1 N–H and O–H groups in total. The summed E-state index contributed by atoms with van der Waals surface area (Å²) >= 11 is 0. The van der Waals surface area contributed by atoms with E-state index in [2.05, 4.69) is 67.2 Å². The van der Waals surface area contributed by atoms with Gasteiger partial charge in [0, 0.05) is 43.4 Å². The van der Waals surface area contributed by atoms with Gasteiger partial charge in [0.25, 0.3) is 0 Å². The Hall–Kier alpha value is -2.18. The molecule has 1 atom stereocenters. The van der Waals surface area contributed by atoms with Crippen LogP contribution in [0.3, 0.4) is 0 Å². The number of benzene rings is 1. The van der Waals surface area contributed by atoms with Crippen molar-refractivity contribution in [3.05, 3.63) is 47.4 Å². The molecule has 1 aliphatic rings. The number of morpholine rings is 1. The summed E-state index contributed by atoms with van der Waals surface area (Å²) in [5.41, 5.74) is 3.24. The van der Waals surface area contributed by atoms with Gasteiger partial charge in [-0.25, -0.2) is 9.97 Å². The highest BCUT2D eigenvalue weighted by Crippen LogP contribution is 2.25. The Morgan fingerprint density at radius 1 is 1.14 bits per heavy atom. The average Bonchev–Trinajstić information content (AvgIpc) is 2.68. The SMILES string of the molecule is COCc1cc(NC(C)c2ccc(N3CCOCC3)cc2)nc(C(C)(C)C)n1. The summed E-state index contributed by atoms with van der Waals surface area (Å²) in [5, 5.41) is 3.53. The van der Waals surface area contributed by atoms with Crippen molar-refractivity contribution >= 4 is 11.5 Å². The maximum atomic E-state index is 5.44. The molecule has 2 aromatic rings. The number of nitrogens with zero attached hydrogens (tertiary/aromatic N) is 3. The summed E-state index contributed by atoms with van der Waals surface area (Å²) in [5.74, 6) is 1.65. The minimum Gasteiger partial charge on any atom is -0.378 e.